The van der Waals surface area contributed by atoms with Crippen molar-refractivity contribution in [1.82, 2.24) is 5.32 Å². The zero-order chi connectivity index (χ0) is 19.8. The van der Waals surface area contributed by atoms with Gasteiger partial charge in [0, 0.05) is 16.1 Å². The van der Waals surface area contributed by atoms with Crippen LogP contribution in [0.25, 0.3) is 0 Å². The van der Waals surface area contributed by atoms with E-state index in [4.69, 9.17) is 0 Å². The van der Waals surface area contributed by atoms with E-state index in [1.54, 1.807) is 0 Å². The minimum Gasteiger partial charge on any atom is -0.346 e. The van der Waals surface area contributed by atoms with Gasteiger partial charge in [0.05, 0.1) is 12.3 Å². The predicted octanol–water partition coefficient (Wildman–Crippen LogP) is 3.44. The lowest BCUT2D eigenvalue weighted by molar-refractivity contribution is -0.122. The van der Waals surface area contributed by atoms with E-state index in [0.717, 1.165) is 35.5 Å². The van der Waals surface area contributed by atoms with Crippen molar-refractivity contribution in [3.8, 4) is 0 Å². The Balaban J connectivity index is 1.81. The van der Waals surface area contributed by atoms with Gasteiger partial charge in [-0.1, -0.05) is 31.2 Å². The number of halogens is 1. The van der Waals surface area contributed by atoms with Crippen molar-refractivity contribution in [2.75, 3.05) is 17.6 Å². The fourth-order valence-electron chi connectivity index (χ4n) is 2.36. The van der Waals surface area contributed by atoms with Crippen LogP contribution in [-0.2, 0) is 16.0 Å². The number of carbonyl (C=O) groups excluding carboxylic acids is 3. The van der Waals surface area contributed by atoms with Crippen molar-refractivity contribution in [1.29, 1.82) is 0 Å². The number of Topliss-reactive ketones (excluding diaryl/α,β-unsaturated/α-hetero) is 1. The van der Waals surface area contributed by atoms with Gasteiger partial charge in [-0.25, -0.2) is 4.39 Å². The van der Waals surface area contributed by atoms with Crippen molar-refractivity contribution in [3.63, 3.8) is 0 Å². The molecule has 2 aromatic carbocycles. The van der Waals surface area contributed by atoms with Crippen LogP contribution in [0.2, 0.25) is 0 Å². The molecule has 142 valence electrons. The average molecular weight is 388 g/mol. The van der Waals surface area contributed by atoms with E-state index in [1.165, 1.54) is 19.1 Å². The number of carbonyl (C=O) groups is 3. The first kappa shape index (κ1) is 20.6. The molecule has 0 spiro atoms. The van der Waals surface area contributed by atoms with E-state index >= 15 is 0 Å². The molecule has 0 saturated carbocycles. The number of amides is 2. The lowest BCUT2D eigenvalue weighted by Crippen LogP contribution is -2.34. The predicted molar refractivity (Wildman–Crippen MR) is 105 cm³/mol. The molecule has 2 N–H and O–H groups in total. The van der Waals surface area contributed by atoms with Crippen LogP contribution in [0.15, 0.2) is 47.4 Å². The number of thioether (sulfide) groups is 1. The SMILES string of the molecule is CCc1ccccc1NC(=O)CNC(=O)CSc1ccc(C(C)=O)cc1F. The zero-order valence-corrected chi connectivity index (χ0v) is 16.0. The largest absolute Gasteiger partial charge is 0.346 e. The van der Waals surface area contributed by atoms with Gasteiger partial charge in [0.1, 0.15) is 5.82 Å². The van der Waals surface area contributed by atoms with Gasteiger partial charge < -0.3 is 10.6 Å². The van der Waals surface area contributed by atoms with Crippen LogP contribution in [0, 0.1) is 5.82 Å². The third-order valence-electron chi connectivity index (χ3n) is 3.82. The smallest absolute Gasteiger partial charge is 0.243 e. The molecule has 0 aromatic heterocycles. The van der Waals surface area contributed by atoms with E-state index in [1.807, 2.05) is 31.2 Å². The standard InChI is InChI=1S/C20H21FN2O3S/c1-3-14-6-4-5-7-17(14)23-19(25)11-22-20(26)12-27-18-9-8-15(13(2)24)10-16(18)21/h4-10H,3,11-12H2,1-2H3,(H,22,26)(H,23,25). The first-order chi connectivity index (χ1) is 12.9. The van der Waals surface area contributed by atoms with Crippen LogP contribution in [0.4, 0.5) is 10.1 Å². The van der Waals surface area contributed by atoms with Gasteiger partial charge >= 0.3 is 0 Å². The molecule has 0 saturated heterocycles. The van der Waals surface area contributed by atoms with E-state index in [-0.39, 0.29) is 40.4 Å². The summed E-state index contributed by atoms with van der Waals surface area (Å²) in [6.45, 7) is 3.19. The van der Waals surface area contributed by atoms with Gasteiger partial charge in [-0.05, 0) is 37.1 Å². The summed E-state index contributed by atoms with van der Waals surface area (Å²) < 4.78 is 13.9. The molecule has 2 rings (SSSR count). The number of benzene rings is 2. The number of hydrogen-bond acceptors (Lipinski definition) is 4. The Kier molecular flexibility index (Phi) is 7.55. The molecule has 0 aliphatic heterocycles. The maximum absolute atomic E-state index is 13.9. The molecule has 27 heavy (non-hydrogen) atoms. The molecule has 7 heteroatoms. The molecule has 2 amide bonds. The van der Waals surface area contributed by atoms with Crippen LogP contribution >= 0.6 is 11.8 Å². The summed E-state index contributed by atoms with van der Waals surface area (Å²) in [5.74, 6) is -1.51. The van der Waals surface area contributed by atoms with Crippen LogP contribution in [-0.4, -0.2) is 29.9 Å². The van der Waals surface area contributed by atoms with Gasteiger partial charge in [0.2, 0.25) is 11.8 Å². The third kappa shape index (κ3) is 6.21. The van der Waals surface area contributed by atoms with E-state index < -0.39 is 5.82 Å². The molecule has 0 atom stereocenters. The third-order valence-corrected chi connectivity index (χ3v) is 4.86. The summed E-state index contributed by atoms with van der Waals surface area (Å²) in [5, 5.41) is 5.28. The normalized spacial score (nSPS) is 10.3. The number of nitrogens with one attached hydrogen (secondary N) is 2. The van der Waals surface area contributed by atoms with Gasteiger partial charge in [0.25, 0.3) is 0 Å². The van der Waals surface area contributed by atoms with Crippen LogP contribution < -0.4 is 10.6 Å². The number of aryl methyl sites for hydroxylation is 1. The van der Waals surface area contributed by atoms with E-state index in [9.17, 15) is 18.8 Å². The monoisotopic (exact) mass is 388 g/mol. The highest BCUT2D eigenvalue weighted by molar-refractivity contribution is 8.00. The van der Waals surface area contributed by atoms with Crippen LogP contribution in [0.5, 0.6) is 0 Å². The van der Waals surface area contributed by atoms with Crippen LogP contribution in [0.3, 0.4) is 0 Å². The minimum atomic E-state index is -0.547. The Morgan fingerprint density at radius 1 is 1.07 bits per heavy atom. The summed E-state index contributed by atoms with van der Waals surface area (Å²) in [5.41, 5.74) is 2.02. The maximum Gasteiger partial charge on any atom is 0.243 e. The highest BCUT2D eigenvalue weighted by atomic mass is 32.2. The Hall–Kier alpha value is -2.67. The van der Waals surface area contributed by atoms with Crippen molar-refractivity contribution in [2.45, 2.75) is 25.2 Å². The molecule has 0 heterocycles. The van der Waals surface area contributed by atoms with Crippen molar-refractivity contribution >= 4 is 35.0 Å². The van der Waals surface area contributed by atoms with E-state index in [0.29, 0.717) is 0 Å². The number of rotatable bonds is 8. The summed E-state index contributed by atoms with van der Waals surface area (Å²) >= 11 is 1.01. The highest BCUT2D eigenvalue weighted by Crippen LogP contribution is 2.22. The number of ketones is 1. The zero-order valence-electron chi connectivity index (χ0n) is 15.2. The summed E-state index contributed by atoms with van der Waals surface area (Å²) in [4.78, 5) is 35.4. The maximum atomic E-state index is 13.9. The summed E-state index contributed by atoms with van der Waals surface area (Å²) in [6.07, 6.45) is 0.785. The van der Waals surface area contributed by atoms with Crippen molar-refractivity contribution < 1.29 is 18.8 Å². The Morgan fingerprint density at radius 2 is 1.81 bits per heavy atom. The molecular weight excluding hydrogens is 367 g/mol. The van der Waals surface area contributed by atoms with Crippen LogP contribution in [0.1, 0.15) is 29.8 Å². The highest BCUT2D eigenvalue weighted by Gasteiger charge is 2.11. The Morgan fingerprint density at radius 3 is 2.48 bits per heavy atom. The number of anilines is 1. The van der Waals surface area contributed by atoms with Crippen molar-refractivity contribution in [3.05, 3.63) is 59.4 Å². The summed E-state index contributed by atoms with van der Waals surface area (Å²) in [6, 6.07) is 11.6. The number of para-hydroxylation sites is 1. The van der Waals surface area contributed by atoms with Gasteiger partial charge in [-0.2, -0.15) is 0 Å². The van der Waals surface area contributed by atoms with Gasteiger partial charge in [-0.15, -0.1) is 11.8 Å². The fraction of sp³-hybridized carbons (Fsp3) is 0.250. The lowest BCUT2D eigenvalue weighted by atomic mass is 10.1. The quantitative estimate of drug-likeness (QED) is 0.537. The number of hydrogen-bond donors (Lipinski definition) is 2. The van der Waals surface area contributed by atoms with Gasteiger partial charge in [0.15, 0.2) is 5.78 Å². The minimum absolute atomic E-state index is 0.0326. The molecule has 0 aliphatic rings. The topological polar surface area (TPSA) is 75.3 Å². The molecule has 0 unspecified atom stereocenters. The van der Waals surface area contributed by atoms with Crippen molar-refractivity contribution in [2.24, 2.45) is 0 Å². The molecular formula is C20H21FN2O3S. The second kappa shape index (κ2) is 9.87. The average Bonchev–Trinajstić information content (AvgIpc) is 2.65. The second-order valence-corrected chi connectivity index (χ2v) is 6.84. The fourth-order valence-corrected chi connectivity index (χ4v) is 3.10. The molecule has 0 radical (unpaired) electrons. The molecule has 0 aliphatic carbocycles. The lowest BCUT2D eigenvalue weighted by Gasteiger charge is -2.10. The Bertz CT molecular complexity index is 855. The van der Waals surface area contributed by atoms with E-state index in [2.05, 4.69) is 10.6 Å². The first-order valence-corrected chi connectivity index (χ1v) is 9.47. The summed E-state index contributed by atoms with van der Waals surface area (Å²) in [7, 11) is 0. The molecule has 0 fully saturated rings. The molecule has 2 aromatic rings. The first-order valence-electron chi connectivity index (χ1n) is 8.48. The Labute approximate surface area is 161 Å². The second-order valence-electron chi connectivity index (χ2n) is 5.83. The molecule has 5 nitrogen and oxygen atoms in total. The molecule has 0 bridgehead atoms. The van der Waals surface area contributed by atoms with Gasteiger partial charge in [-0.3, -0.25) is 14.4 Å².